The molecule has 0 aromatic carbocycles. The van der Waals surface area contributed by atoms with E-state index < -0.39 is 0 Å². The molecule has 2 aliphatic heterocycles. The van der Waals surface area contributed by atoms with E-state index in [2.05, 4.69) is 25.5 Å². The lowest BCUT2D eigenvalue weighted by atomic mass is 9.91. The number of hydrogen-bond acceptors (Lipinski definition) is 5. The zero-order valence-electron chi connectivity index (χ0n) is 13.0. The van der Waals surface area contributed by atoms with E-state index in [-0.39, 0.29) is 0 Å². The number of aromatic nitrogens is 1. The van der Waals surface area contributed by atoms with Crippen LogP contribution in [0.15, 0.2) is 10.9 Å². The Morgan fingerprint density at radius 2 is 2.09 bits per heavy atom. The Labute approximate surface area is 135 Å². The van der Waals surface area contributed by atoms with Gasteiger partial charge in [0.1, 0.15) is 0 Å². The van der Waals surface area contributed by atoms with Gasteiger partial charge < -0.3 is 10.2 Å². The molecule has 120 valence electrons. The molecule has 1 amide bonds. The molecule has 6 heteroatoms. The topological polar surface area (TPSA) is 48.5 Å². The molecule has 1 aliphatic carbocycles. The lowest BCUT2D eigenvalue weighted by Gasteiger charge is -2.35. The van der Waals surface area contributed by atoms with Crippen LogP contribution in [-0.2, 0) is 11.3 Å². The lowest BCUT2D eigenvalue weighted by Crippen LogP contribution is -2.49. The summed E-state index contributed by atoms with van der Waals surface area (Å²) in [6.07, 6.45) is 3.51. The molecule has 1 aromatic heterocycles. The summed E-state index contributed by atoms with van der Waals surface area (Å²) in [5.41, 5.74) is 3.40. The van der Waals surface area contributed by atoms with Gasteiger partial charge in [-0.05, 0) is 37.8 Å². The number of piperazine rings is 1. The summed E-state index contributed by atoms with van der Waals surface area (Å²) >= 11 is 1.65. The van der Waals surface area contributed by atoms with Crippen molar-refractivity contribution in [1.29, 1.82) is 0 Å². The summed E-state index contributed by atoms with van der Waals surface area (Å²) in [7, 11) is 0. The number of carbonyl (C=O) groups is 1. The van der Waals surface area contributed by atoms with Crippen molar-refractivity contribution in [3.63, 3.8) is 0 Å². The molecular weight excluding hydrogens is 296 g/mol. The average Bonchev–Trinajstić information content (AvgIpc) is 2.99. The number of nitrogens with zero attached hydrogens (tertiary/aromatic N) is 3. The van der Waals surface area contributed by atoms with Gasteiger partial charge in [-0.3, -0.25) is 9.69 Å². The minimum absolute atomic E-state index is 0.319. The third-order valence-corrected chi connectivity index (χ3v) is 6.28. The summed E-state index contributed by atoms with van der Waals surface area (Å²) in [5, 5.41) is 5.52. The standard InChI is InChI=1S/C16H24N4OS/c21-15(14-9-16(14)1-3-17-4-2-16)20-7-5-19(6-8-20)10-13-11-22-12-18-13/h11-12,14,17H,1-10H2. The van der Waals surface area contributed by atoms with Crippen LogP contribution >= 0.6 is 11.3 Å². The molecule has 1 N–H and O–H groups in total. The molecule has 2 saturated heterocycles. The smallest absolute Gasteiger partial charge is 0.226 e. The predicted molar refractivity (Wildman–Crippen MR) is 86.6 cm³/mol. The first-order valence-corrected chi connectivity index (χ1v) is 9.30. The first-order valence-electron chi connectivity index (χ1n) is 8.36. The predicted octanol–water partition coefficient (Wildman–Crippen LogP) is 1.18. The molecule has 1 saturated carbocycles. The molecule has 4 rings (SSSR count). The molecule has 3 aliphatic rings. The van der Waals surface area contributed by atoms with E-state index in [4.69, 9.17) is 0 Å². The van der Waals surface area contributed by atoms with Gasteiger partial charge in [-0.1, -0.05) is 0 Å². The van der Waals surface area contributed by atoms with E-state index in [1.54, 1.807) is 11.3 Å². The van der Waals surface area contributed by atoms with Gasteiger partial charge in [-0.2, -0.15) is 0 Å². The molecule has 1 unspecified atom stereocenters. The van der Waals surface area contributed by atoms with Crippen molar-refractivity contribution >= 4 is 17.2 Å². The molecule has 5 nitrogen and oxygen atoms in total. The Morgan fingerprint density at radius 3 is 2.77 bits per heavy atom. The fraction of sp³-hybridized carbons (Fsp3) is 0.750. The van der Waals surface area contributed by atoms with Gasteiger partial charge in [0.15, 0.2) is 0 Å². The molecule has 0 radical (unpaired) electrons. The van der Waals surface area contributed by atoms with Gasteiger partial charge in [0.25, 0.3) is 0 Å². The minimum Gasteiger partial charge on any atom is -0.340 e. The molecule has 0 bridgehead atoms. The van der Waals surface area contributed by atoms with Crippen molar-refractivity contribution in [2.24, 2.45) is 11.3 Å². The Balaban J connectivity index is 1.28. The third-order valence-electron chi connectivity index (χ3n) is 5.64. The van der Waals surface area contributed by atoms with Gasteiger partial charge in [0, 0.05) is 44.0 Å². The zero-order chi connectivity index (χ0) is 15.0. The lowest BCUT2D eigenvalue weighted by molar-refractivity contribution is -0.135. The van der Waals surface area contributed by atoms with Crippen molar-refractivity contribution in [3.8, 4) is 0 Å². The number of rotatable bonds is 3. The van der Waals surface area contributed by atoms with Crippen LogP contribution in [0.25, 0.3) is 0 Å². The largest absolute Gasteiger partial charge is 0.340 e. The Bertz CT molecular complexity index is 518. The van der Waals surface area contributed by atoms with E-state index in [0.717, 1.165) is 57.9 Å². The van der Waals surface area contributed by atoms with Crippen molar-refractivity contribution in [3.05, 3.63) is 16.6 Å². The normalized spacial score (nSPS) is 28.0. The van der Waals surface area contributed by atoms with Gasteiger partial charge in [0.2, 0.25) is 5.91 Å². The van der Waals surface area contributed by atoms with Gasteiger partial charge in [-0.15, -0.1) is 11.3 Å². The molecular formula is C16H24N4OS. The van der Waals surface area contributed by atoms with E-state index in [1.807, 2.05) is 5.51 Å². The molecule has 3 fully saturated rings. The third kappa shape index (κ3) is 2.79. The van der Waals surface area contributed by atoms with Crippen molar-refractivity contribution < 1.29 is 4.79 Å². The second-order valence-electron chi connectivity index (χ2n) is 6.95. The highest BCUT2D eigenvalue weighted by molar-refractivity contribution is 7.07. The van der Waals surface area contributed by atoms with Gasteiger partial charge >= 0.3 is 0 Å². The fourth-order valence-electron chi connectivity index (χ4n) is 4.07. The van der Waals surface area contributed by atoms with Crippen LogP contribution in [0.1, 0.15) is 25.0 Å². The number of amides is 1. The second kappa shape index (κ2) is 5.91. The maximum absolute atomic E-state index is 12.7. The highest BCUT2D eigenvalue weighted by Crippen LogP contribution is 2.59. The molecule has 1 spiro atoms. The van der Waals surface area contributed by atoms with Crippen molar-refractivity contribution in [2.45, 2.75) is 25.8 Å². The Hall–Kier alpha value is -0.980. The highest BCUT2D eigenvalue weighted by atomic mass is 32.1. The SMILES string of the molecule is O=C(C1CC12CCNCC2)N1CCN(Cc2cscn2)CC1. The van der Waals surface area contributed by atoms with Gasteiger partial charge in [-0.25, -0.2) is 4.98 Å². The van der Waals surface area contributed by atoms with Crippen molar-refractivity contribution in [2.75, 3.05) is 39.3 Å². The van der Waals surface area contributed by atoms with Crippen LogP contribution in [0.5, 0.6) is 0 Å². The number of nitrogens with one attached hydrogen (secondary N) is 1. The average molecular weight is 320 g/mol. The number of hydrogen-bond donors (Lipinski definition) is 1. The van der Waals surface area contributed by atoms with Crippen LogP contribution in [0.3, 0.4) is 0 Å². The maximum Gasteiger partial charge on any atom is 0.226 e. The van der Waals surface area contributed by atoms with Crippen LogP contribution in [-0.4, -0.2) is 60.0 Å². The molecule has 1 atom stereocenters. The molecule has 3 heterocycles. The van der Waals surface area contributed by atoms with Gasteiger partial charge in [0.05, 0.1) is 11.2 Å². The van der Waals surface area contributed by atoms with Crippen LogP contribution in [0.4, 0.5) is 0 Å². The summed E-state index contributed by atoms with van der Waals surface area (Å²) in [5.74, 6) is 0.745. The van der Waals surface area contributed by atoms with Crippen LogP contribution in [0, 0.1) is 11.3 Å². The van der Waals surface area contributed by atoms with E-state index in [9.17, 15) is 4.79 Å². The maximum atomic E-state index is 12.7. The Kier molecular flexibility index (Phi) is 3.92. The highest BCUT2D eigenvalue weighted by Gasteiger charge is 2.58. The van der Waals surface area contributed by atoms with Crippen LogP contribution in [0.2, 0.25) is 0 Å². The number of piperidine rings is 1. The Morgan fingerprint density at radius 1 is 1.32 bits per heavy atom. The fourth-order valence-corrected chi connectivity index (χ4v) is 4.62. The van der Waals surface area contributed by atoms with E-state index >= 15 is 0 Å². The summed E-state index contributed by atoms with van der Waals surface area (Å²) < 4.78 is 0. The summed E-state index contributed by atoms with van der Waals surface area (Å²) in [6, 6.07) is 0. The molecule has 1 aromatic rings. The number of thiazole rings is 1. The minimum atomic E-state index is 0.319. The number of carbonyl (C=O) groups excluding carboxylic acids is 1. The summed E-state index contributed by atoms with van der Waals surface area (Å²) in [6.45, 7) is 6.82. The first kappa shape index (κ1) is 14.6. The first-order chi connectivity index (χ1) is 10.8. The van der Waals surface area contributed by atoms with Crippen molar-refractivity contribution in [1.82, 2.24) is 20.1 Å². The second-order valence-corrected chi connectivity index (χ2v) is 7.67. The quantitative estimate of drug-likeness (QED) is 0.908. The molecule has 22 heavy (non-hydrogen) atoms. The monoisotopic (exact) mass is 320 g/mol. The van der Waals surface area contributed by atoms with E-state index in [1.165, 1.54) is 12.8 Å². The summed E-state index contributed by atoms with van der Waals surface area (Å²) in [4.78, 5) is 21.6. The van der Waals surface area contributed by atoms with E-state index in [0.29, 0.717) is 17.2 Å². The van der Waals surface area contributed by atoms with Crippen LogP contribution < -0.4 is 5.32 Å². The zero-order valence-corrected chi connectivity index (χ0v) is 13.8.